The van der Waals surface area contributed by atoms with Crippen molar-refractivity contribution in [2.45, 2.75) is 33.6 Å². The zero-order chi connectivity index (χ0) is 21.7. The van der Waals surface area contributed by atoms with Crippen molar-refractivity contribution in [1.82, 2.24) is 14.6 Å². The average Bonchev–Trinajstić information content (AvgIpc) is 3.20. The zero-order valence-electron chi connectivity index (χ0n) is 17.6. The van der Waals surface area contributed by atoms with Gasteiger partial charge in [0.1, 0.15) is 17.3 Å². The van der Waals surface area contributed by atoms with Crippen LogP contribution in [0.5, 0.6) is 5.75 Å². The second kappa shape index (κ2) is 9.67. The number of nitrogens with zero attached hydrogens (tertiary/aromatic N) is 5. The molecule has 0 aliphatic heterocycles. The van der Waals surface area contributed by atoms with E-state index in [4.69, 9.17) is 21.2 Å². The van der Waals surface area contributed by atoms with E-state index in [0.717, 1.165) is 31.7 Å². The molecule has 0 atom stereocenters. The molecule has 0 saturated heterocycles. The molecule has 0 saturated carbocycles. The van der Waals surface area contributed by atoms with E-state index in [-0.39, 0.29) is 0 Å². The molecule has 3 aromatic rings. The van der Waals surface area contributed by atoms with E-state index in [1.165, 1.54) is 12.0 Å². The van der Waals surface area contributed by atoms with Crippen molar-refractivity contribution in [1.29, 1.82) is 0 Å². The van der Waals surface area contributed by atoms with E-state index < -0.39 is 5.97 Å². The first-order valence-corrected chi connectivity index (χ1v) is 10.3. The summed E-state index contributed by atoms with van der Waals surface area (Å²) in [4.78, 5) is 24.3. The van der Waals surface area contributed by atoms with Gasteiger partial charge in [0.25, 0.3) is 0 Å². The van der Waals surface area contributed by atoms with E-state index in [1.807, 2.05) is 12.1 Å². The third-order valence-electron chi connectivity index (χ3n) is 4.44. The fourth-order valence-corrected chi connectivity index (χ4v) is 3.47. The predicted octanol–water partition coefficient (Wildman–Crippen LogP) is 4.63. The van der Waals surface area contributed by atoms with Gasteiger partial charge in [0, 0.05) is 38.2 Å². The Labute approximate surface area is 180 Å². The number of carbonyl (C=O) groups excluding carboxylic acids is 1. The number of hydrogen-bond donors (Lipinski definition) is 0. The molecule has 0 spiro atoms. The van der Waals surface area contributed by atoms with Crippen molar-refractivity contribution in [3.05, 3.63) is 41.6 Å². The van der Waals surface area contributed by atoms with Crippen LogP contribution < -0.4 is 14.7 Å². The van der Waals surface area contributed by atoms with Gasteiger partial charge in [-0.15, -0.1) is 0 Å². The molecule has 160 valence electrons. The molecule has 2 aromatic heterocycles. The highest BCUT2D eigenvalue weighted by Crippen LogP contribution is 2.35. The Bertz CT molecular complexity index is 1020. The SMILES string of the molecule is CCCN(CCC)c1cc(N(OC(C)=O)c2ccc(OC)cc2Cl)nc2ccnn12. The van der Waals surface area contributed by atoms with Crippen LogP contribution in [0.15, 0.2) is 36.5 Å². The van der Waals surface area contributed by atoms with Gasteiger partial charge in [-0.2, -0.15) is 14.7 Å². The van der Waals surface area contributed by atoms with Crippen LogP contribution in [-0.4, -0.2) is 40.8 Å². The van der Waals surface area contributed by atoms with Gasteiger partial charge >= 0.3 is 5.97 Å². The molecule has 0 amide bonds. The quantitative estimate of drug-likeness (QED) is 0.457. The van der Waals surface area contributed by atoms with Crippen molar-refractivity contribution in [2.24, 2.45) is 0 Å². The van der Waals surface area contributed by atoms with E-state index in [1.54, 1.807) is 36.0 Å². The zero-order valence-corrected chi connectivity index (χ0v) is 18.4. The highest BCUT2D eigenvalue weighted by molar-refractivity contribution is 6.33. The first-order chi connectivity index (χ1) is 14.5. The fraction of sp³-hybridized carbons (Fsp3) is 0.381. The maximum atomic E-state index is 11.9. The summed E-state index contributed by atoms with van der Waals surface area (Å²) in [6, 6.07) is 8.80. The molecule has 0 unspecified atom stereocenters. The van der Waals surface area contributed by atoms with Gasteiger partial charge in [-0.3, -0.25) is 0 Å². The smallest absolute Gasteiger partial charge is 0.329 e. The summed E-state index contributed by atoms with van der Waals surface area (Å²) in [5, 5.41) is 6.13. The van der Waals surface area contributed by atoms with E-state index in [0.29, 0.717) is 27.9 Å². The van der Waals surface area contributed by atoms with E-state index in [9.17, 15) is 4.79 Å². The van der Waals surface area contributed by atoms with Crippen LogP contribution in [0.1, 0.15) is 33.6 Å². The lowest BCUT2D eigenvalue weighted by atomic mass is 10.3. The largest absolute Gasteiger partial charge is 0.497 e. The molecule has 0 bridgehead atoms. The summed E-state index contributed by atoms with van der Waals surface area (Å²) in [5.41, 5.74) is 1.12. The summed E-state index contributed by atoms with van der Waals surface area (Å²) in [5.74, 6) is 1.41. The van der Waals surface area contributed by atoms with Crippen LogP contribution in [0.25, 0.3) is 5.65 Å². The van der Waals surface area contributed by atoms with Gasteiger partial charge in [0.15, 0.2) is 11.5 Å². The summed E-state index contributed by atoms with van der Waals surface area (Å²) in [6.07, 6.45) is 3.67. The molecule has 30 heavy (non-hydrogen) atoms. The highest BCUT2D eigenvalue weighted by Gasteiger charge is 2.22. The first-order valence-electron chi connectivity index (χ1n) is 9.90. The summed E-state index contributed by atoms with van der Waals surface area (Å²) in [7, 11) is 1.56. The number of halogens is 1. The number of benzene rings is 1. The Balaban J connectivity index is 2.16. The Hall–Kier alpha value is -3.00. The Morgan fingerprint density at radius 3 is 2.50 bits per heavy atom. The maximum Gasteiger partial charge on any atom is 0.329 e. The number of methoxy groups -OCH3 is 1. The van der Waals surface area contributed by atoms with Gasteiger partial charge in [0.05, 0.1) is 18.3 Å². The second-order valence-corrected chi connectivity index (χ2v) is 7.16. The van der Waals surface area contributed by atoms with Crippen LogP contribution in [0, 0.1) is 0 Å². The number of fused-ring (bicyclic) bond motifs is 1. The topological polar surface area (TPSA) is 72.2 Å². The molecule has 0 aliphatic rings. The van der Waals surface area contributed by atoms with Gasteiger partial charge in [-0.1, -0.05) is 25.4 Å². The number of hydrogen-bond acceptors (Lipinski definition) is 7. The third kappa shape index (κ3) is 4.59. The second-order valence-electron chi connectivity index (χ2n) is 6.76. The van der Waals surface area contributed by atoms with Crippen molar-refractivity contribution < 1.29 is 14.4 Å². The molecular weight excluding hydrogens is 406 g/mol. The van der Waals surface area contributed by atoms with Crippen LogP contribution in [0.2, 0.25) is 5.02 Å². The number of aromatic nitrogens is 3. The van der Waals surface area contributed by atoms with Crippen molar-refractivity contribution in [3.63, 3.8) is 0 Å². The Morgan fingerprint density at radius 2 is 1.90 bits per heavy atom. The average molecular weight is 432 g/mol. The number of carbonyl (C=O) groups is 1. The van der Waals surface area contributed by atoms with Crippen molar-refractivity contribution >= 4 is 40.5 Å². The number of anilines is 3. The first kappa shape index (κ1) is 21.7. The molecule has 9 heteroatoms. The number of rotatable bonds is 9. The van der Waals surface area contributed by atoms with Crippen LogP contribution >= 0.6 is 11.6 Å². The third-order valence-corrected chi connectivity index (χ3v) is 4.74. The molecule has 1 aromatic carbocycles. The van der Waals surface area contributed by atoms with Crippen molar-refractivity contribution in [2.75, 3.05) is 30.2 Å². The van der Waals surface area contributed by atoms with Gasteiger partial charge < -0.3 is 14.5 Å². The summed E-state index contributed by atoms with van der Waals surface area (Å²) in [6.45, 7) is 7.33. The minimum absolute atomic E-state index is 0.367. The predicted molar refractivity (Wildman–Crippen MR) is 118 cm³/mol. The molecule has 0 aliphatic carbocycles. The van der Waals surface area contributed by atoms with E-state index >= 15 is 0 Å². The Morgan fingerprint density at radius 1 is 1.17 bits per heavy atom. The van der Waals surface area contributed by atoms with Gasteiger partial charge in [-0.05, 0) is 25.0 Å². The number of ether oxygens (including phenoxy) is 1. The lowest BCUT2D eigenvalue weighted by Gasteiger charge is -2.27. The van der Waals surface area contributed by atoms with E-state index in [2.05, 4.69) is 28.8 Å². The normalized spacial score (nSPS) is 10.8. The lowest BCUT2D eigenvalue weighted by molar-refractivity contribution is -0.141. The molecule has 8 nitrogen and oxygen atoms in total. The minimum atomic E-state index is -0.488. The molecule has 0 N–H and O–H groups in total. The summed E-state index contributed by atoms with van der Waals surface area (Å²) >= 11 is 6.47. The maximum absolute atomic E-state index is 11.9. The monoisotopic (exact) mass is 431 g/mol. The Kier molecular flexibility index (Phi) is 6.99. The van der Waals surface area contributed by atoms with Gasteiger partial charge in [0.2, 0.25) is 0 Å². The fourth-order valence-electron chi connectivity index (χ4n) is 3.22. The molecule has 3 rings (SSSR count). The minimum Gasteiger partial charge on any atom is -0.497 e. The molecular formula is C21H26ClN5O3. The van der Waals surface area contributed by atoms with Crippen molar-refractivity contribution in [3.8, 4) is 5.75 Å². The molecule has 2 heterocycles. The molecule has 0 fully saturated rings. The molecule has 0 radical (unpaired) electrons. The summed E-state index contributed by atoms with van der Waals surface area (Å²) < 4.78 is 7.01. The van der Waals surface area contributed by atoms with Crippen LogP contribution in [0.4, 0.5) is 17.3 Å². The standard InChI is InChI=1S/C21H26ClN5O3/c1-5-11-25(12-6-2)21-14-20(24-19-9-10-23-26(19)21)27(30-15(3)28)18-8-7-16(29-4)13-17(18)22/h7-10,13-14H,5-6,11-12H2,1-4H3. The van der Waals surface area contributed by atoms with Gasteiger partial charge in [-0.25, -0.2) is 9.78 Å². The highest BCUT2D eigenvalue weighted by atomic mass is 35.5. The van der Waals surface area contributed by atoms with Crippen LogP contribution in [-0.2, 0) is 9.63 Å². The lowest BCUT2D eigenvalue weighted by Crippen LogP contribution is -2.28. The van der Waals surface area contributed by atoms with Crippen LogP contribution in [0.3, 0.4) is 0 Å².